The smallest absolute Gasteiger partial charge is 0.0175 e. The third kappa shape index (κ3) is 4.98. The van der Waals surface area contributed by atoms with E-state index in [1.54, 1.807) is 0 Å². The minimum absolute atomic E-state index is 0.661. The zero-order valence-electron chi connectivity index (χ0n) is 12.3. The average molecular weight is 344 g/mol. The molecule has 1 aliphatic carbocycles. The number of benzene rings is 2. The lowest BCUT2D eigenvalue weighted by molar-refractivity contribution is 0.469. The summed E-state index contributed by atoms with van der Waals surface area (Å²) in [7, 11) is 0. The molecule has 1 aliphatic rings. The van der Waals surface area contributed by atoms with Crippen molar-refractivity contribution in [3.8, 4) is 0 Å². The van der Waals surface area contributed by atoms with Crippen molar-refractivity contribution >= 4 is 15.9 Å². The van der Waals surface area contributed by atoms with Gasteiger partial charge in [0.25, 0.3) is 0 Å². The van der Waals surface area contributed by atoms with Crippen LogP contribution in [0.15, 0.2) is 59.1 Å². The second-order valence-electron chi connectivity index (χ2n) is 6.07. The first-order valence-corrected chi connectivity index (χ1v) is 8.60. The Morgan fingerprint density at radius 1 is 0.905 bits per heavy atom. The predicted molar refractivity (Wildman–Crippen MR) is 92.5 cm³/mol. The Bertz CT molecular complexity index is 546. The number of hydrogen-bond donors (Lipinski definition) is 1. The largest absolute Gasteiger partial charge is 0.314 e. The van der Waals surface area contributed by atoms with Crippen LogP contribution in [0.1, 0.15) is 24.0 Å². The summed E-state index contributed by atoms with van der Waals surface area (Å²) in [5.41, 5.74) is 2.87. The molecule has 2 heteroatoms. The number of rotatable bonds is 7. The van der Waals surface area contributed by atoms with E-state index < -0.39 is 0 Å². The molecule has 0 heterocycles. The molecule has 1 unspecified atom stereocenters. The van der Waals surface area contributed by atoms with E-state index >= 15 is 0 Å². The van der Waals surface area contributed by atoms with E-state index in [0.29, 0.717) is 5.92 Å². The monoisotopic (exact) mass is 343 g/mol. The summed E-state index contributed by atoms with van der Waals surface area (Å²) >= 11 is 3.51. The molecule has 0 spiro atoms. The lowest BCUT2D eigenvalue weighted by atomic mass is 9.92. The summed E-state index contributed by atoms with van der Waals surface area (Å²) in [5.74, 6) is 0.661. The number of nitrogens with one attached hydrogen (secondary N) is 1. The molecule has 0 radical (unpaired) electrons. The van der Waals surface area contributed by atoms with Crippen LogP contribution in [0, 0.1) is 5.92 Å². The van der Waals surface area contributed by atoms with Crippen LogP contribution >= 0.6 is 15.9 Å². The van der Waals surface area contributed by atoms with Crippen molar-refractivity contribution in [2.75, 3.05) is 6.54 Å². The summed E-state index contributed by atoms with van der Waals surface area (Å²) in [6.07, 6.45) is 5.01. The predicted octanol–water partition coefficient (Wildman–Crippen LogP) is 4.60. The van der Waals surface area contributed by atoms with Crippen LogP contribution in [0.2, 0.25) is 0 Å². The van der Waals surface area contributed by atoms with Crippen LogP contribution in [0.3, 0.4) is 0 Å². The van der Waals surface area contributed by atoms with E-state index in [1.807, 2.05) is 0 Å². The van der Waals surface area contributed by atoms with Gasteiger partial charge in [0.1, 0.15) is 0 Å². The Labute approximate surface area is 135 Å². The SMILES string of the molecule is Brc1ccc(CC(CNC2CC2)Cc2ccccc2)cc1. The van der Waals surface area contributed by atoms with Gasteiger partial charge in [0.15, 0.2) is 0 Å². The summed E-state index contributed by atoms with van der Waals surface area (Å²) in [6.45, 7) is 1.12. The van der Waals surface area contributed by atoms with Crippen LogP contribution in [0.25, 0.3) is 0 Å². The quantitative estimate of drug-likeness (QED) is 0.774. The molecular weight excluding hydrogens is 322 g/mol. The van der Waals surface area contributed by atoms with Crippen molar-refractivity contribution in [1.82, 2.24) is 5.32 Å². The molecule has 1 saturated carbocycles. The van der Waals surface area contributed by atoms with E-state index in [2.05, 4.69) is 75.8 Å². The van der Waals surface area contributed by atoms with Gasteiger partial charge in [0.05, 0.1) is 0 Å². The van der Waals surface area contributed by atoms with Gasteiger partial charge in [-0.3, -0.25) is 0 Å². The first-order valence-electron chi connectivity index (χ1n) is 7.81. The molecular formula is C19H22BrN. The highest BCUT2D eigenvalue weighted by Crippen LogP contribution is 2.21. The molecule has 0 saturated heterocycles. The number of hydrogen-bond acceptors (Lipinski definition) is 1. The second kappa shape index (κ2) is 7.24. The second-order valence-corrected chi connectivity index (χ2v) is 6.98. The first kappa shape index (κ1) is 14.8. The lowest BCUT2D eigenvalue weighted by Gasteiger charge is -2.18. The molecule has 1 N–H and O–H groups in total. The highest BCUT2D eigenvalue weighted by atomic mass is 79.9. The lowest BCUT2D eigenvalue weighted by Crippen LogP contribution is -2.27. The molecule has 0 amide bonds. The summed E-state index contributed by atoms with van der Waals surface area (Å²) in [6, 6.07) is 20.4. The minimum Gasteiger partial charge on any atom is -0.314 e. The molecule has 0 aromatic heterocycles. The topological polar surface area (TPSA) is 12.0 Å². The van der Waals surface area contributed by atoms with Crippen LogP contribution in [0.4, 0.5) is 0 Å². The van der Waals surface area contributed by atoms with Gasteiger partial charge < -0.3 is 5.32 Å². The normalized spacial score (nSPS) is 15.9. The summed E-state index contributed by atoms with van der Waals surface area (Å²) < 4.78 is 1.15. The number of halogens is 1. The molecule has 1 fully saturated rings. The van der Waals surface area contributed by atoms with Crippen molar-refractivity contribution in [1.29, 1.82) is 0 Å². The third-order valence-corrected chi connectivity index (χ3v) is 4.61. The highest BCUT2D eigenvalue weighted by molar-refractivity contribution is 9.10. The molecule has 0 bridgehead atoms. The van der Waals surface area contributed by atoms with E-state index in [-0.39, 0.29) is 0 Å². The molecule has 0 aliphatic heterocycles. The highest BCUT2D eigenvalue weighted by Gasteiger charge is 2.22. The Balaban J connectivity index is 1.64. The van der Waals surface area contributed by atoms with Crippen molar-refractivity contribution in [2.24, 2.45) is 5.92 Å². The van der Waals surface area contributed by atoms with Gasteiger partial charge in [-0.1, -0.05) is 58.4 Å². The Hall–Kier alpha value is -1.12. The van der Waals surface area contributed by atoms with Gasteiger partial charge >= 0.3 is 0 Å². The van der Waals surface area contributed by atoms with Crippen molar-refractivity contribution < 1.29 is 0 Å². The zero-order valence-corrected chi connectivity index (χ0v) is 13.9. The van der Waals surface area contributed by atoms with Gasteiger partial charge in [-0.05, 0) is 61.4 Å². The molecule has 3 rings (SSSR count). The van der Waals surface area contributed by atoms with E-state index in [4.69, 9.17) is 0 Å². The molecule has 2 aromatic carbocycles. The van der Waals surface area contributed by atoms with Crippen LogP contribution in [0.5, 0.6) is 0 Å². The Kier molecular flexibility index (Phi) is 5.10. The van der Waals surface area contributed by atoms with Gasteiger partial charge in [0, 0.05) is 10.5 Å². The van der Waals surface area contributed by atoms with E-state index in [9.17, 15) is 0 Å². The van der Waals surface area contributed by atoms with Crippen molar-refractivity contribution in [3.05, 3.63) is 70.2 Å². The zero-order chi connectivity index (χ0) is 14.5. The van der Waals surface area contributed by atoms with Crippen LogP contribution < -0.4 is 5.32 Å². The van der Waals surface area contributed by atoms with Gasteiger partial charge in [-0.2, -0.15) is 0 Å². The Morgan fingerprint density at radius 2 is 1.52 bits per heavy atom. The maximum absolute atomic E-state index is 3.70. The molecule has 1 atom stereocenters. The van der Waals surface area contributed by atoms with Crippen LogP contribution in [-0.4, -0.2) is 12.6 Å². The van der Waals surface area contributed by atoms with Gasteiger partial charge in [0.2, 0.25) is 0 Å². The van der Waals surface area contributed by atoms with E-state index in [0.717, 1.165) is 29.9 Å². The van der Waals surface area contributed by atoms with Gasteiger partial charge in [-0.25, -0.2) is 0 Å². The maximum Gasteiger partial charge on any atom is 0.0175 e. The Morgan fingerprint density at radius 3 is 2.14 bits per heavy atom. The van der Waals surface area contributed by atoms with Crippen molar-refractivity contribution in [3.63, 3.8) is 0 Å². The fraction of sp³-hybridized carbons (Fsp3) is 0.368. The van der Waals surface area contributed by atoms with Gasteiger partial charge in [-0.15, -0.1) is 0 Å². The standard InChI is InChI=1S/C19H22BrN/c20-18-8-6-16(7-9-18)13-17(14-21-19-10-11-19)12-15-4-2-1-3-5-15/h1-9,17,19,21H,10-14H2. The maximum atomic E-state index is 3.70. The molecule has 21 heavy (non-hydrogen) atoms. The van der Waals surface area contributed by atoms with E-state index in [1.165, 1.54) is 24.0 Å². The van der Waals surface area contributed by atoms with Crippen molar-refractivity contribution in [2.45, 2.75) is 31.7 Å². The fourth-order valence-electron chi connectivity index (χ4n) is 2.74. The first-order chi connectivity index (χ1) is 10.3. The molecule has 110 valence electrons. The fourth-order valence-corrected chi connectivity index (χ4v) is 3.00. The minimum atomic E-state index is 0.661. The molecule has 2 aromatic rings. The third-order valence-electron chi connectivity index (χ3n) is 4.08. The summed E-state index contributed by atoms with van der Waals surface area (Å²) in [5, 5.41) is 3.70. The average Bonchev–Trinajstić information content (AvgIpc) is 3.32. The molecule has 1 nitrogen and oxygen atoms in total. The van der Waals surface area contributed by atoms with Crippen LogP contribution in [-0.2, 0) is 12.8 Å². The summed E-state index contributed by atoms with van der Waals surface area (Å²) in [4.78, 5) is 0.